The van der Waals surface area contributed by atoms with Gasteiger partial charge in [-0.3, -0.25) is 0 Å². The number of halogens is 3. The molecule has 0 aliphatic heterocycles. The van der Waals surface area contributed by atoms with Gasteiger partial charge in [-0.05, 0) is 24.3 Å². The van der Waals surface area contributed by atoms with Crippen molar-refractivity contribution in [1.29, 1.82) is 0 Å². The molecule has 0 spiro atoms. The van der Waals surface area contributed by atoms with Crippen molar-refractivity contribution in [3.8, 4) is 0 Å². The van der Waals surface area contributed by atoms with Crippen LogP contribution >= 0.6 is 23.2 Å². The highest BCUT2D eigenvalue weighted by atomic mass is 35.5. The quantitative estimate of drug-likeness (QED) is 0.712. The van der Waals surface area contributed by atoms with E-state index in [1.54, 1.807) is 24.4 Å². The van der Waals surface area contributed by atoms with Gasteiger partial charge in [-0.25, -0.2) is 9.37 Å². The smallest absolute Gasteiger partial charge is 0.190 e. The van der Waals surface area contributed by atoms with Gasteiger partial charge in [-0.1, -0.05) is 28.4 Å². The third kappa shape index (κ3) is 2.22. The topological polar surface area (TPSA) is 51.0 Å². The lowest BCUT2D eigenvalue weighted by atomic mass is 10.2. The summed E-state index contributed by atoms with van der Waals surface area (Å²) in [5, 5.41) is 7.69. The summed E-state index contributed by atoms with van der Waals surface area (Å²) in [5.74, 6) is -0.119. The number of nitrogens with one attached hydrogen (secondary N) is 1. The minimum atomic E-state index is -0.551. The van der Waals surface area contributed by atoms with Crippen LogP contribution < -0.4 is 5.32 Å². The van der Waals surface area contributed by atoms with Gasteiger partial charge >= 0.3 is 0 Å². The van der Waals surface area contributed by atoms with Crippen LogP contribution in [-0.4, -0.2) is 10.1 Å². The molecule has 0 saturated heterocycles. The SMILES string of the molecule is Fc1ccc2c(Nc3ccc(Cl)nc3)noc2c1Cl. The molecular weight excluding hydrogens is 292 g/mol. The van der Waals surface area contributed by atoms with Crippen molar-refractivity contribution in [3.63, 3.8) is 0 Å². The van der Waals surface area contributed by atoms with Crippen molar-refractivity contribution in [2.75, 3.05) is 5.32 Å². The lowest BCUT2D eigenvalue weighted by molar-refractivity contribution is 0.458. The van der Waals surface area contributed by atoms with Gasteiger partial charge in [0.25, 0.3) is 0 Å². The van der Waals surface area contributed by atoms with Gasteiger partial charge in [-0.2, -0.15) is 0 Å². The normalized spacial score (nSPS) is 10.9. The Morgan fingerprint density at radius 3 is 2.74 bits per heavy atom. The van der Waals surface area contributed by atoms with E-state index < -0.39 is 5.82 Å². The summed E-state index contributed by atoms with van der Waals surface area (Å²) in [7, 11) is 0. The van der Waals surface area contributed by atoms with Crippen LogP contribution in [0.1, 0.15) is 0 Å². The Morgan fingerprint density at radius 2 is 2.00 bits per heavy atom. The van der Waals surface area contributed by atoms with Crippen LogP contribution in [-0.2, 0) is 0 Å². The molecular formula is C12H6Cl2FN3O. The molecule has 0 saturated carbocycles. The number of rotatable bonds is 2. The summed E-state index contributed by atoms with van der Waals surface area (Å²) in [4.78, 5) is 3.93. The summed E-state index contributed by atoms with van der Waals surface area (Å²) in [6, 6.07) is 6.17. The molecule has 4 nitrogen and oxygen atoms in total. The van der Waals surface area contributed by atoms with Crippen LogP contribution in [0.2, 0.25) is 10.2 Å². The average Bonchev–Trinajstić information content (AvgIpc) is 2.80. The number of hydrogen-bond acceptors (Lipinski definition) is 4. The van der Waals surface area contributed by atoms with E-state index in [9.17, 15) is 4.39 Å². The maximum Gasteiger partial charge on any atom is 0.190 e. The summed E-state index contributed by atoms with van der Waals surface area (Å²) in [5.41, 5.74) is 0.881. The highest BCUT2D eigenvalue weighted by molar-refractivity contribution is 6.35. The first-order valence-corrected chi connectivity index (χ1v) is 6.03. The van der Waals surface area contributed by atoms with Crippen LogP contribution in [0.25, 0.3) is 11.0 Å². The maximum atomic E-state index is 13.3. The van der Waals surface area contributed by atoms with Crippen molar-refractivity contribution >= 4 is 45.7 Å². The van der Waals surface area contributed by atoms with Gasteiger partial charge in [-0.15, -0.1) is 0 Å². The summed E-state index contributed by atoms with van der Waals surface area (Å²) < 4.78 is 18.3. The number of aromatic nitrogens is 2. The van der Waals surface area contributed by atoms with Crippen LogP contribution in [0.3, 0.4) is 0 Å². The molecule has 0 amide bonds. The van der Waals surface area contributed by atoms with Gasteiger partial charge in [0.15, 0.2) is 11.4 Å². The predicted octanol–water partition coefficient (Wildman–Crippen LogP) is 4.41. The molecule has 2 heterocycles. The Hall–Kier alpha value is -1.85. The zero-order chi connectivity index (χ0) is 13.4. The van der Waals surface area contributed by atoms with E-state index in [2.05, 4.69) is 15.5 Å². The second kappa shape index (κ2) is 4.68. The summed E-state index contributed by atoms with van der Waals surface area (Å²) in [6.07, 6.45) is 1.55. The minimum Gasteiger partial charge on any atom is -0.352 e. The van der Waals surface area contributed by atoms with Crippen LogP contribution in [0.4, 0.5) is 15.9 Å². The van der Waals surface area contributed by atoms with Gasteiger partial charge in [0.2, 0.25) is 0 Å². The van der Waals surface area contributed by atoms with Gasteiger partial charge < -0.3 is 9.84 Å². The van der Waals surface area contributed by atoms with E-state index in [4.69, 9.17) is 27.7 Å². The van der Waals surface area contributed by atoms with Gasteiger partial charge in [0, 0.05) is 0 Å². The molecule has 7 heteroatoms. The van der Waals surface area contributed by atoms with E-state index in [1.165, 1.54) is 6.07 Å². The first-order valence-electron chi connectivity index (χ1n) is 5.27. The van der Waals surface area contributed by atoms with Crippen molar-refractivity contribution in [2.45, 2.75) is 0 Å². The second-order valence-corrected chi connectivity index (χ2v) is 4.53. The number of anilines is 2. The van der Waals surface area contributed by atoms with Crippen molar-refractivity contribution < 1.29 is 8.91 Å². The van der Waals surface area contributed by atoms with E-state index in [-0.39, 0.29) is 10.6 Å². The molecule has 0 unspecified atom stereocenters. The molecule has 0 aliphatic carbocycles. The fraction of sp³-hybridized carbons (Fsp3) is 0. The lowest BCUT2D eigenvalue weighted by Gasteiger charge is -2.02. The zero-order valence-corrected chi connectivity index (χ0v) is 10.8. The largest absolute Gasteiger partial charge is 0.352 e. The van der Waals surface area contributed by atoms with Crippen molar-refractivity contribution in [3.05, 3.63) is 46.5 Å². The second-order valence-electron chi connectivity index (χ2n) is 3.76. The number of pyridine rings is 1. The molecule has 19 heavy (non-hydrogen) atoms. The summed E-state index contributed by atoms with van der Waals surface area (Å²) in [6.45, 7) is 0. The first-order chi connectivity index (χ1) is 9.15. The van der Waals surface area contributed by atoms with E-state index in [0.717, 1.165) is 0 Å². The van der Waals surface area contributed by atoms with Crippen molar-refractivity contribution in [2.24, 2.45) is 0 Å². The van der Waals surface area contributed by atoms with Gasteiger partial charge in [0.1, 0.15) is 16.0 Å². The molecule has 1 aromatic carbocycles. The minimum absolute atomic E-state index is 0.0905. The Bertz CT molecular complexity index is 743. The molecule has 3 aromatic rings. The first kappa shape index (κ1) is 12.2. The van der Waals surface area contributed by atoms with Crippen molar-refractivity contribution in [1.82, 2.24) is 10.1 Å². The van der Waals surface area contributed by atoms with E-state index >= 15 is 0 Å². The molecule has 0 atom stereocenters. The van der Waals surface area contributed by atoms with E-state index in [1.807, 2.05) is 0 Å². The van der Waals surface area contributed by atoms with Crippen LogP contribution in [0.5, 0.6) is 0 Å². The number of fused-ring (bicyclic) bond motifs is 1. The third-order valence-electron chi connectivity index (χ3n) is 2.52. The average molecular weight is 298 g/mol. The molecule has 0 fully saturated rings. The van der Waals surface area contributed by atoms with E-state index in [0.29, 0.717) is 22.0 Å². The third-order valence-corrected chi connectivity index (χ3v) is 3.10. The Balaban J connectivity index is 2.02. The number of benzene rings is 1. The lowest BCUT2D eigenvalue weighted by Crippen LogP contribution is -1.91. The maximum absolute atomic E-state index is 13.3. The number of nitrogens with zero attached hydrogens (tertiary/aromatic N) is 2. The van der Waals surface area contributed by atoms with Gasteiger partial charge in [0.05, 0.1) is 17.3 Å². The van der Waals surface area contributed by atoms with Crippen LogP contribution in [0, 0.1) is 5.82 Å². The Morgan fingerprint density at radius 1 is 1.16 bits per heavy atom. The molecule has 3 rings (SSSR count). The predicted molar refractivity (Wildman–Crippen MR) is 71.5 cm³/mol. The highest BCUT2D eigenvalue weighted by Gasteiger charge is 2.14. The standard InChI is InChI=1S/C12H6Cl2FN3O/c13-9-4-1-6(5-16-9)17-12-7-2-3-8(15)10(14)11(7)19-18-12/h1-5H,(H,17,18). The fourth-order valence-electron chi connectivity index (χ4n) is 1.62. The number of hydrogen-bond donors (Lipinski definition) is 1. The summed E-state index contributed by atoms with van der Waals surface area (Å²) >= 11 is 11.5. The highest BCUT2D eigenvalue weighted by Crippen LogP contribution is 2.32. The molecule has 1 N–H and O–H groups in total. The molecule has 2 aromatic heterocycles. The van der Waals surface area contributed by atoms with Crippen LogP contribution in [0.15, 0.2) is 35.0 Å². The molecule has 96 valence electrons. The Kier molecular flexibility index (Phi) is 3.00. The molecule has 0 aliphatic rings. The monoisotopic (exact) mass is 297 g/mol. The molecule has 0 bridgehead atoms. The molecule has 0 radical (unpaired) electrons. The Labute approximate surface area is 117 Å². The fourth-order valence-corrected chi connectivity index (χ4v) is 1.94. The zero-order valence-electron chi connectivity index (χ0n) is 9.32.